The van der Waals surface area contributed by atoms with Gasteiger partial charge in [0, 0.05) is 28.5 Å². The molecule has 1 aliphatic carbocycles. The fourth-order valence-electron chi connectivity index (χ4n) is 10.2. The number of rotatable bonds is 9. The topological polar surface area (TPSA) is 33.6 Å². The minimum Gasteiger partial charge on any atom is -0.484 e. The quantitative estimate of drug-likeness (QED) is 0.157. The second kappa shape index (κ2) is 16.8. The third kappa shape index (κ3) is 7.40. The molecule has 0 spiro atoms. The molecule has 6 atom stereocenters. The van der Waals surface area contributed by atoms with E-state index in [1.807, 2.05) is 0 Å². The van der Waals surface area contributed by atoms with Crippen LogP contribution in [0.2, 0.25) is 0 Å². The van der Waals surface area contributed by atoms with E-state index in [1.54, 1.807) is 0 Å². The van der Waals surface area contributed by atoms with E-state index in [2.05, 4.69) is 243 Å². The van der Waals surface area contributed by atoms with Crippen molar-refractivity contribution in [2.24, 2.45) is 10.9 Å². The number of para-hydroxylation sites is 1. The van der Waals surface area contributed by atoms with Gasteiger partial charge in [-0.1, -0.05) is 219 Å². The van der Waals surface area contributed by atoms with Crippen LogP contribution in [0.5, 0.6) is 5.75 Å². The molecule has 3 nitrogen and oxygen atoms in total. The number of amidine groups is 1. The normalized spacial score (nSPS) is 20.5. The molecule has 304 valence electrons. The van der Waals surface area contributed by atoms with Gasteiger partial charge in [0.25, 0.3) is 0 Å². The number of hydrogen-bond acceptors (Lipinski definition) is 3. The van der Waals surface area contributed by atoms with E-state index in [4.69, 9.17) is 9.73 Å². The molecule has 0 saturated heterocycles. The first-order valence-electron chi connectivity index (χ1n) is 22.2. The van der Waals surface area contributed by atoms with Gasteiger partial charge < -0.3 is 10.1 Å². The van der Waals surface area contributed by atoms with Gasteiger partial charge in [-0.25, -0.2) is 0 Å². The van der Waals surface area contributed by atoms with Crippen molar-refractivity contribution in [3.8, 4) is 28.0 Å². The highest BCUT2D eigenvalue weighted by Gasteiger charge is 2.43. The van der Waals surface area contributed by atoms with Crippen LogP contribution in [0.3, 0.4) is 0 Å². The molecule has 0 bridgehead atoms. The zero-order valence-electron chi connectivity index (χ0n) is 35.3. The molecule has 6 unspecified atom stereocenters. The summed E-state index contributed by atoms with van der Waals surface area (Å²) in [5, 5.41) is 3.81. The number of aliphatic imine (C=N–C) groups is 1. The Bertz CT molecular complexity index is 2970. The lowest BCUT2D eigenvalue weighted by Gasteiger charge is -2.36. The minimum absolute atomic E-state index is 0.0299. The van der Waals surface area contributed by atoms with Crippen molar-refractivity contribution >= 4 is 11.4 Å². The van der Waals surface area contributed by atoms with E-state index >= 15 is 0 Å². The Labute approximate surface area is 370 Å². The smallest absolute Gasteiger partial charge is 0.135 e. The van der Waals surface area contributed by atoms with Gasteiger partial charge in [0.2, 0.25) is 0 Å². The largest absolute Gasteiger partial charge is 0.484 e. The molecule has 8 aromatic rings. The molecule has 2 aliphatic heterocycles. The molecule has 3 aliphatic rings. The Morgan fingerprint density at radius 2 is 1.03 bits per heavy atom. The Morgan fingerprint density at radius 3 is 1.78 bits per heavy atom. The van der Waals surface area contributed by atoms with E-state index in [1.165, 1.54) is 66.8 Å². The summed E-state index contributed by atoms with van der Waals surface area (Å²) < 4.78 is 7.03. The summed E-state index contributed by atoms with van der Waals surface area (Å²) in [6, 6.07) is 78.8. The Kier molecular flexibility index (Phi) is 10.2. The highest BCUT2D eigenvalue weighted by molar-refractivity contribution is 5.99. The van der Waals surface area contributed by atoms with Crippen LogP contribution < -0.4 is 10.1 Å². The molecule has 0 fully saturated rings. The van der Waals surface area contributed by atoms with Crippen LogP contribution in [0.15, 0.2) is 241 Å². The van der Waals surface area contributed by atoms with Gasteiger partial charge in [-0.2, -0.15) is 0 Å². The van der Waals surface area contributed by atoms with Gasteiger partial charge in [-0.05, 0) is 73.8 Å². The van der Waals surface area contributed by atoms with Crippen molar-refractivity contribution in [2.45, 2.75) is 36.9 Å². The molecule has 0 amide bonds. The average molecular weight is 813 g/mol. The van der Waals surface area contributed by atoms with Gasteiger partial charge in [-0.15, -0.1) is 0 Å². The molecule has 3 heteroatoms. The molecule has 63 heavy (non-hydrogen) atoms. The number of ether oxygens (including phenoxy) is 1. The zero-order chi connectivity index (χ0) is 42.1. The monoisotopic (exact) mass is 812 g/mol. The van der Waals surface area contributed by atoms with Crippen LogP contribution in [0, 0.1) is 5.92 Å². The van der Waals surface area contributed by atoms with Crippen molar-refractivity contribution in [3.63, 3.8) is 0 Å². The van der Waals surface area contributed by atoms with Crippen molar-refractivity contribution in [1.29, 1.82) is 0 Å². The number of nitrogens with zero attached hydrogens (tertiary/aromatic N) is 1. The summed E-state index contributed by atoms with van der Waals surface area (Å²) in [7, 11) is 0. The van der Waals surface area contributed by atoms with Gasteiger partial charge in [0.1, 0.15) is 17.7 Å². The highest BCUT2D eigenvalue weighted by Crippen LogP contribution is 2.54. The van der Waals surface area contributed by atoms with E-state index < -0.39 is 0 Å². The second-order valence-corrected chi connectivity index (χ2v) is 17.1. The lowest BCUT2D eigenvalue weighted by Crippen LogP contribution is -2.40. The van der Waals surface area contributed by atoms with Gasteiger partial charge >= 0.3 is 0 Å². The third-order valence-electron chi connectivity index (χ3n) is 13.3. The average Bonchev–Trinajstić information content (AvgIpc) is 3.76. The van der Waals surface area contributed by atoms with Crippen molar-refractivity contribution < 1.29 is 4.74 Å². The minimum atomic E-state index is -0.171. The molecule has 11 rings (SSSR count). The van der Waals surface area contributed by atoms with Crippen LogP contribution in [-0.2, 0) is 0 Å². The summed E-state index contributed by atoms with van der Waals surface area (Å²) >= 11 is 0. The summed E-state index contributed by atoms with van der Waals surface area (Å²) in [5.41, 5.74) is 15.9. The van der Waals surface area contributed by atoms with Crippen molar-refractivity contribution in [3.05, 3.63) is 275 Å². The SMILES string of the molecule is CC1C(c2cccc(-c3cccc(C4=CC=C(C(c5ccccc5)c5ccc(-c6ccccc6)cc5)C5c6ccccc6OC45)c3)c2)N=C(c2ccccc2)NC1c1ccccc1. The summed E-state index contributed by atoms with van der Waals surface area (Å²) in [6.45, 7) is 2.32. The van der Waals surface area contributed by atoms with E-state index in [0.29, 0.717) is 0 Å². The van der Waals surface area contributed by atoms with Crippen LogP contribution in [0.25, 0.3) is 27.8 Å². The fraction of sp³-hybridized carbons (Fsp3) is 0.117. The second-order valence-electron chi connectivity index (χ2n) is 17.1. The standard InChI is InChI=1S/C60H48N2O/c1-40-57(45-22-10-4-11-23-45)61-60(46-24-12-5-13-25-46)62-58(40)50-29-17-27-48(39-50)47-26-16-28-49(38-47)51-36-37-53(56-52-30-14-15-31-54(52)63-59(51)56)55(43-20-8-3-9-21-43)44-34-32-42(33-35-44)41-18-6-2-7-19-41/h2-40,55-59H,1H3,(H,61,62). The molecular formula is C60H48N2O. The van der Waals surface area contributed by atoms with E-state index in [-0.39, 0.29) is 35.9 Å². The molecule has 2 heterocycles. The predicted octanol–water partition coefficient (Wildman–Crippen LogP) is 14.2. The highest BCUT2D eigenvalue weighted by atomic mass is 16.5. The summed E-state index contributed by atoms with van der Waals surface area (Å²) in [4.78, 5) is 5.42. The van der Waals surface area contributed by atoms with Gasteiger partial charge in [-0.3, -0.25) is 4.99 Å². The van der Waals surface area contributed by atoms with Crippen LogP contribution in [-0.4, -0.2) is 11.9 Å². The maximum atomic E-state index is 7.03. The molecule has 8 aromatic carbocycles. The first-order valence-corrected chi connectivity index (χ1v) is 22.2. The van der Waals surface area contributed by atoms with Crippen LogP contribution in [0.4, 0.5) is 0 Å². The fourth-order valence-corrected chi connectivity index (χ4v) is 10.2. The first-order chi connectivity index (χ1) is 31.2. The Hall–Kier alpha value is -7.49. The third-order valence-corrected chi connectivity index (χ3v) is 13.3. The maximum absolute atomic E-state index is 7.03. The van der Waals surface area contributed by atoms with E-state index in [9.17, 15) is 0 Å². The molecule has 0 saturated carbocycles. The number of nitrogens with one attached hydrogen (secondary N) is 1. The molecule has 1 N–H and O–H groups in total. The number of hydrogen-bond donors (Lipinski definition) is 1. The van der Waals surface area contributed by atoms with Crippen LogP contribution in [0.1, 0.15) is 69.8 Å². The first kappa shape index (κ1) is 38.4. The molecule has 0 radical (unpaired) electrons. The van der Waals surface area contributed by atoms with Crippen molar-refractivity contribution in [1.82, 2.24) is 5.32 Å². The van der Waals surface area contributed by atoms with Gasteiger partial charge in [0.15, 0.2) is 0 Å². The lowest BCUT2D eigenvalue weighted by atomic mass is 9.71. The van der Waals surface area contributed by atoms with Gasteiger partial charge in [0.05, 0.1) is 18.0 Å². The summed E-state index contributed by atoms with van der Waals surface area (Å²) in [5.74, 6) is 2.20. The number of benzene rings is 8. The number of allylic oxidation sites excluding steroid dienone is 2. The Balaban J connectivity index is 0.970. The maximum Gasteiger partial charge on any atom is 0.135 e. The van der Waals surface area contributed by atoms with Crippen LogP contribution >= 0.6 is 0 Å². The molecular weight excluding hydrogens is 765 g/mol. The zero-order valence-corrected chi connectivity index (χ0v) is 35.3. The Morgan fingerprint density at radius 1 is 0.476 bits per heavy atom. The number of fused-ring (bicyclic) bond motifs is 3. The predicted molar refractivity (Wildman–Crippen MR) is 259 cm³/mol. The molecule has 0 aromatic heterocycles. The van der Waals surface area contributed by atoms with Crippen molar-refractivity contribution in [2.75, 3.05) is 0 Å². The van der Waals surface area contributed by atoms with E-state index in [0.717, 1.165) is 17.1 Å². The lowest BCUT2D eigenvalue weighted by molar-refractivity contribution is 0.272. The summed E-state index contributed by atoms with van der Waals surface area (Å²) in [6.07, 6.45) is 4.55.